The first-order valence-corrected chi connectivity index (χ1v) is 50.2. The van der Waals surface area contributed by atoms with E-state index < -0.39 is 40.5 Å². The smallest absolute Gasteiger partial charge is 0.337 e. The van der Waals surface area contributed by atoms with Crippen LogP contribution in [0.3, 0.4) is 0 Å². The average Bonchev–Trinajstić information content (AvgIpc) is 0.831. The number of hydrogen-bond acceptors (Lipinski definition) is 15. The van der Waals surface area contributed by atoms with Crippen molar-refractivity contribution in [3.05, 3.63) is 455 Å². The molecule has 0 atom stereocenters. The van der Waals surface area contributed by atoms with Crippen molar-refractivity contribution < 1.29 is 81.0 Å². The first-order valence-electron chi connectivity index (χ1n) is 43.9. The molecule has 716 valence electrons. The van der Waals surface area contributed by atoms with E-state index in [1.165, 1.54) is 136 Å². The molecule has 14 rings (SSSR count). The second-order valence-corrected chi connectivity index (χ2v) is 36.5. The van der Waals surface area contributed by atoms with Gasteiger partial charge in [0.2, 0.25) is 0 Å². The van der Waals surface area contributed by atoms with Gasteiger partial charge in [0.15, 0.2) is 11.6 Å². The van der Waals surface area contributed by atoms with Crippen molar-refractivity contribution in [2.75, 3.05) is 7.11 Å². The summed E-state index contributed by atoms with van der Waals surface area (Å²) in [5.41, 5.74) is 18.0. The number of phenolic OH excluding ortho intramolecular Hbond substituents is 1. The quantitative estimate of drug-likeness (QED) is 0.0156. The minimum Gasteiger partial charge on any atom is -0.508 e. The number of halogens is 1. The van der Waals surface area contributed by atoms with E-state index in [4.69, 9.17) is 34.9 Å². The minimum atomic E-state index is -4.13. The van der Waals surface area contributed by atoms with E-state index in [9.17, 15) is 58.2 Å². The van der Waals surface area contributed by atoms with Gasteiger partial charge in [-0.05, 0) is 214 Å². The number of nitrogens with zero attached hydrogens (tertiary/aromatic N) is 1. The zero-order valence-electron chi connectivity index (χ0n) is 79.1. The lowest BCUT2D eigenvalue weighted by Crippen LogP contribution is -2.01. The third-order valence-corrected chi connectivity index (χ3v) is 23.3. The molecule has 0 saturated carbocycles. The number of ketones is 2. The number of benzene rings is 14. The Morgan fingerprint density at radius 2 is 0.726 bits per heavy atom. The summed E-state index contributed by atoms with van der Waals surface area (Å²) in [6.45, 7) is 26.3. The number of aromatic hydroxyl groups is 1. The molecule has 14 aromatic rings. The topological polar surface area (TPSA) is 341 Å². The monoisotopic (exact) mass is 1930 g/mol. The van der Waals surface area contributed by atoms with Crippen molar-refractivity contribution in [1.82, 2.24) is 0 Å². The fourth-order valence-electron chi connectivity index (χ4n) is 11.8. The molecule has 0 radical (unpaired) electrons. The standard InChI is InChI=1S/C15H14O.C12H12.C10H12O2.C10H12O.C10H14.C9H12.C8H9NO2.2C8H10O3S.C8H10.C6H5ClO3S.C6H6O4S/c1-2-12-8-10-14(11-9-12)15(16)13-6-4-3-5-7-13;1-2-10-7-8-11-5-3-4-6-12(11)9-10;1-3-8-4-6-9(7-5-8)10(11)12-2;1-3-10(11)9-6-4-8(2)5-7-9;1-2-3-7-10-8-5-4-6-9-10;1-3-9-6-4-8(2)5-7-9;1-2-7-3-5-8(6-4-7)9(10)11;1-6-3-4-8(7(2)5-6)12(9,10)11;1-7-3-2-4-8(5-7)6-12(9,10)11;1-2-8-6-4-3-5-7-8;2*7-5-1-3-6(4-2-5)11(8,9)10/h3-11H,2H2,1H3;3-9H,2H2,1H3;4-7H,3H2,1-2H3;4-7H,3H2,1-2H3;4-6,8-9H,2-3,7H2,1H3;4-7H,3H2,1-2H3;3-6H,2H2,1H3;3-5H,1-2H3,(H,9,10,11);2-5H,6H2,1H3,(H,9,10,11);3-7H,2H2,1H3;1-4H,(H,8,9,10);1-4,7H,(H,8,9,10). The molecule has 5 N–H and O–H groups in total. The van der Waals surface area contributed by atoms with Gasteiger partial charge in [0.05, 0.1) is 32.3 Å². The molecule has 0 aliphatic carbocycles. The van der Waals surface area contributed by atoms with Crippen LogP contribution in [0.15, 0.2) is 360 Å². The van der Waals surface area contributed by atoms with Crippen LogP contribution >= 0.6 is 11.6 Å². The highest BCUT2D eigenvalue weighted by Gasteiger charge is 2.14. The van der Waals surface area contributed by atoms with E-state index in [1.54, 1.807) is 61.5 Å². The molecular weight excluding hydrogens is 1800 g/mol. The summed E-state index contributed by atoms with van der Waals surface area (Å²) in [5.74, 6) is -0.336. The summed E-state index contributed by atoms with van der Waals surface area (Å²) in [6.07, 6.45) is 10.7. The number of non-ortho nitro benzene ring substituents is 1. The normalized spacial score (nSPS) is 10.3. The maximum Gasteiger partial charge on any atom is 0.337 e. The number of aryl methyl sites for hydroxylation is 12. The second kappa shape index (κ2) is 62.7. The lowest BCUT2D eigenvalue weighted by atomic mass is 10.0. The SMILES string of the molecule is CCC(=O)c1ccc(C)cc1.CCCCc1ccccc1.CCc1ccc(C(=O)OC)cc1.CCc1ccc(C(=O)c2ccccc2)cc1.CCc1ccc(C)cc1.CCc1ccc([N+](=O)[O-])cc1.CCc1ccc2ccccc2c1.CCc1ccccc1.Cc1ccc(S(=O)(=O)O)c(C)c1.Cc1cccc(CS(=O)(=O)O)c1.O=S(=O)(O)c1ccc(Cl)cc1.O=S(=O)(O)c1ccc(O)cc1. The number of rotatable bonds is 20. The number of carbonyl (C=O) groups is 3. The van der Waals surface area contributed by atoms with Gasteiger partial charge in [-0.15, -0.1) is 0 Å². The van der Waals surface area contributed by atoms with Gasteiger partial charge in [-0.2, -0.15) is 33.7 Å². The second-order valence-electron chi connectivity index (χ2n) is 30.4. The number of nitro groups is 1. The summed E-state index contributed by atoms with van der Waals surface area (Å²) in [4.78, 5) is 43.6. The largest absolute Gasteiger partial charge is 0.508 e. The Hall–Kier alpha value is -12.7. The van der Waals surface area contributed by atoms with E-state index in [0.29, 0.717) is 28.1 Å². The van der Waals surface area contributed by atoms with E-state index >= 15 is 0 Å². The van der Waals surface area contributed by atoms with Crippen molar-refractivity contribution in [2.24, 2.45) is 0 Å². The Morgan fingerprint density at radius 1 is 0.356 bits per heavy atom. The summed E-state index contributed by atoms with van der Waals surface area (Å²) < 4.78 is 123. The van der Waals surface area contributed by atoms with Gasteiger partial charge in [0.1, 0.15) is 11.5 Å². The number of esters is 1. The number of methoxy groups -OCH3 is 1. The molecule has 0 aliphatic heterocycles. The molecule has 25 heteroatoms. The highest BCUT2D eigenvalue weighted by atomic mass is 35.5. The molecule has 0 aromatic heterocycles. The summed E-state index contributed by atoms with van der Waals surface area (Å²) in [5, 5.41) is 22.1. The Bertz CT molecular complexity index is 6250. The van der Waals surface area contributed by atoms with Crippen LogP contribution < -0.4 is 0 Å². The van der Waals surface area contributed by atoms with Crippen molar-refractivity contribution in [1.29, 1.82) is 0 Å². The number of fused-ring (bicyclic) bond motifs is 1. The van der Waals surface area contributed by atoms with Crippen molar-refractivity contribution in [3.63, 3.8) is 0 Å². The molecule has 135 heavy (non-hydrogen) atoms. The number of unbranched alkanes of at least 4 members (excludes halogenated alkanes) is 1. The summed E-state index contributed by atoms with van der Waals surface area (Å²) in [7, 11) is -14.8. The maximum absolute atomic E-state index is 12.0. The van der Waals surface area contributed by atoms with E-state index in [2.05, 4.69) is 175 Å². The summed E-state index contributed by atoms with van der Waals surface area (Å²) in [6, 6.07) is 105. The highest BCUT2D eigenvalue weighted by Crippen LogP contribution is 2.21. The van der Waals surface area contributed by atoms with E-state index in [0.717, 1.165) is 84.0 Å². The maximum atomic E-state index is 12.0. The Kier molecular flexibility index (Phi) is 54.1. The molecular formula is C110H126ClNO19S4. The van der Waals surface area contributed by atoms with Crippen LogP contribution in [0.4, 0.5) is 5.69 Å². The fraction of sp³-hybridized carbons (Fsp3) is 0.227. The predicted molar refractivity (Wildman–Crippen MR) is 547 cm³/mol. The molecule has 0 saturated heterocycles. The van der Waals surface area contributed by atoms with Crippen molar-refractivity contribution >= 4 is 86.1 Å². The van der Waals surface area contributed by atoms with Crippen LogP contribution in [-0.2, 0) is 95.9 Å². The molecule has 0 spiro atoms. The number of nitro benzene ring substituents is 1. The van der Waals surface area contributed by atoms with Crippen LogP contribution in [0.1, 0.15) is 184 Å². The fourth-order valence-corrected chi connectivity index (χ4v) is 14.2. The average molecular weight is 1930 g/mol. The highest BCUT2D eigenvalue weighted by molar-refractivity contribution is 7.86. The molecule has 20 nitrogen and oxygen atoms in total. The van der Waals surface area contributed by atoms with Gasteiger partial charge in [0, 0.05) is 40.3 Å². The van der Waals surface area contributed by atoms with Crippen molar-refractivity contribution in [2.45, 2.75) is 175 Å². The Labute approximate surface area is 804 Å². The first kappa shape index (κ1) is 116. The van der Waals surface area contributed by atoms with E-state index in [1.807, 2.05) is 138 Å². The lowest BCUT2D eigenvalue weighted by Gasteiger charge is -2.02. The van der Waals surface area contributed by atoms with Crippen LogP contribution in [0, 0.1) is 44.7 Å². The number of carbonyl (C=O) groups excluding carboxylic acids is 3. The van der Waals surface area contributed by atoms with Gasteiger partial charge >= 0.3 is 5.97 Å². The molecule has 0 aliphatic rings. The van der Waals surface area contributed by atoms with Crippen LogP contribution in [0.2, 0.25) is 5.02 Å². The number of hydrogen-bond donors (Lipinski definition) is 5. The number of ether oxygens (including phenoxy) is 1. The van der Waals surface area contributed by atoms with Gasteiger partial charge in [0.25, 0.3) is 46.2 Å². The third kappa shape index (κ3) is 49.2. The van der Waals surface area contributed by atoms with Gasteiger partial charge < -0.3 is 9.84 Å². The molecule has 0 amide bonds. The number of phenols is 1. The van der Waals surface area contributed by atoms with Crippen LogP contribution in [0.5, 0.6) is 5.75 Å². The minimum absolute atomic E-state index is 0.0203. The van der Waals surface area contributed by atoms with Crippen molar-refractivity contribution in [3.8, 4) is 5.75 Å². The van der Waals surface area contributed by atoms with Gasteiger partial charge in [-0.3, -0.25) is 37.9 Å². The number of Topliss-reactive ketones (excluding diaryl/α,β-unsaturated/α-hetero) is 1. The Morgan fingerprint density at radius 3 is 1.13 bits per heavy atom. The van der Waals surface area contributed by atoms with Crippen LogP contribution in [-0.4, -0.2) is 86.6 Å². The zero-order valence-corrected chi connectivity index (χ0v) is 83.1. The summed E-state index contributed by atoms with van der Waals surface area (Å²) >= 11 is 5.49. The predicted octanol–water partition coefficient (Wildman–Crippen LogP) is 26.7. The molecule has 0 bridgehead atoms. The molecule has 0 heterocycles. The van der Waals surface area contributed by atoms with E-state index in [-0.39, 0.29) is 54.3 Å². The molecule has 0 unspecified atom stereocenters. The Balaban J connectivity index is 0.000000380. The first-order chi connectivity index (χ1) is 64.0. The zero-order chi connectivity index (χ0) is 101. The lowest BCUT2D eigenvalue weighted by molar-refractivity contribution is -0.384. The van der Waals surface area contributed by atoms with Gasteiger partial charge in [-0.25, -0.2) is 4.79 Å². The van der Waals surface area contributed by atoms with Crippen LogP contribution in [0.25, 0.3) is 10.8 Å². The molecule has 14 aromatic carbocycles. The third-order valence-electron chi connectivity index (χ3n) is 19.6. The molecule has 0 fully saturated rings. The van der Waals surface area contributed by atoms with Gasteiger partial charge in [-0.1, -0.05) is 363 Å².